The molecule has 0 radical (unpaired) electrons. The molecule has 0 unspecified atom stereocenters. The van der Waals surface area contributed by atoms with Crippen LogP contribution >= 0.6 is 11.6 Å². The molecule has 1 saturated heterocycles. The first-order valence-electron chi connectivity index (χ1n) is 12.5. The highest BCUT2D eigenvalue weighted by molar-refractivity contribution is 6.33. The average molecular weight is 519 g/mol. The minimum Gasteiger partial charge on any atom is -0.364 e. The molecule has 194 valence electrons. The molecule has 4 N–H and O–H groups in total. The molecule has 4 rings (SSSR count). The molecule has 0 spiro atoms. The molecule has 1 saturated carbocycles. The van der Waals surface area contributed by atoms with Crippen LogP contribution in [0.4, 0.5) is 10.1 Å². The smallest absolute Gasteiger partial charge is 0.275 e. The Morgan fingerprint density at radius 2 is 1.89 bits per heavy atom. The Balaban J connectivity index is 1.42. The zero-order valence-corrected chi connectivity index (χ0v) is 20.9. The number of benzene rings is 1. The lowest BCUT2D eigenvalue weighted by Crippen LogP contribution is -2.48. The van der Waals surface area contributed by atoms with Gasteiger partial charge in [-0.05, 0) is 69.8 Å². The number of carbonyl (C=O) groups is 3. The molecule has 1 aromatic heterocycles. The second kappa shape index (κ2) is 11.8. The van der Waals surface area contributed by atoms with E-state index >= 15 is 0 Å². The maximum absolute atomic E-state index is 13.5. The van der Waals surface area contributed by atoms with E-state index in [1.165, 1.54) is 24.9 Å². The van der Waals surface area contributed by atoms with Gasteiger partial charge >= 0.3 is 0 Å². The summed E-state index contributed by atoms with van der Waals surface area (Å²) in [5.74, 6) is -1.94. The summed E-state index contributed by atoms with van der Waals surface area (Å²) < 4.78 is 13.3. The van der Waals surface area contributed by atoms with Crippen molar-refractivity contribution in [2.24, 2.45) is 11.7 Å². The van der Waals surface area contributed by atoms with Crippen molar-refractivity contribution >= 4 is 35.0 Å². The van der Waals surface area contributed by atoms with Crippen molar-refractivity contribution in [3.63, 3.8) is 0 Å². The number of piperidine rings is 1. The summed E-state index contributed by atoms with van der Waals surface area (Å²) in [5, 5.41) is 2.94. The molecular weight excluding hydrogens is 487 g/mol. The Morgan fingerprint density at radius 1 is 1.17 bits per heavy atom. The number of nitrogens with zero attached hydrogens (tertiary/aromatic N) is 3. The van der Waals surface area contributed by atoms with E-state index in [1.807, 2.05) is 0 Å². The number of primary amides is 1. The molecular formula is C25H32ClFN6O3. The van der Waals surface area contributed by atoms with Crippen molar-refractivity contribution in [1.29, 1.82) is 0 Å². The van der Waals surface area contributed by atoms with Crippen LogP contribution in [0.15, 0.2) is 24.5 Å². The Kier molecular flexibility index (Phi) is 8.58. The van der Waals surface area contributed by atoms with E-state index in [-0.39, 0.29) is 40.2 Å². The van der Waals surface area contributed by atoms with Crippen molar-refractivity contribution in [3.8, 4) is 0 Å². The van der Waals surface area contributed by atoms with Crippen molar-refractivity contribution in [2.45, 2.75) is 51.0 Å². The maximum Gasteiger partial charge on any atom is 0.275 e. The van der Waals surface area contributed by atoms with Gasteiger partial charge in [0.25, 0.3) is 11.8 Å². The Labute approximate surface area is 214 Å². The average Bonchev–Trinajstić information content (AvgIpc) is 3.37. The molecule has 1 aromatic carbocycles. The zero-order chi connectivity index (χ0) is 25.7. The topological polar surface area (TPSA) is 124 Å². The highest BCUT2D eigenvalue weighted by atomic mass is 35.5. The van der Waals surface area contributed by atoms with Gasteiger partial charge in [0.05, 0.1) is 17.0 Å². The number of hydrogen-bond acceptors (Lipinski definition) is 5. The van der Waals surface area contributed by atoms with Crippen LogP contribution < -0.4 is 11.1 Å². The molecule has 36 heavy (non-hydrogen) atoms. The SMILES string of the molecule is NC(=O)c1[nH]cnc1C(=O)N(CCN1CCCCC1)[C@H]1CC[C@H](C(=O)Nc2ccc(F)cc2Cl)CC1. The maximum atomic E-state index is 13.5. The van der Waals surface area contributed by atoms with E-state index in [9.17, 15) is 18.8 Å². The molecule has 2 fully saturated rings. The summed E-state index contributed by atoms with van der Waals surface area (Å²) in [6.45, 7) is 3.27. The van der Waals surface area contributed by atoms with Crippen molar-refractivity contribution in [1.82, 2.24) is 19.8 Å². The van der Waals surface area contributed by atoms with E-state index in [1.54, 1.807) is 4.90 Å². The van der Waals surface area contributed by atoms with Gasteiger partial charge in [-0.1, -0.05) is 18.0 Å². The highest BCUT2D eigenvalue weighted by Crippen LogP contribution is 2.31. The Morgan fingerprint density at radius 3 is 2.56 bits per heavy atom. The summed E-state index contributed by atoms with van der Waals surface area (Å²) in [5.41, 5.74) is 5.85. The van der Waals surface area contributed by atoms with Gasteiger partial charge in [0.15, 0.2) is 5.69 Å². The number of imidazole rings is 1. The minimum atomic E-state index is -0.730. The molecule has 2 aromatic rings. The van der Waals surface area contributed by atoms with E-state index in [0.29, 0.717) is 37.9 Å². The van der Waals surface area contributed by atoms with Crippen LogP contribution in [-0.4, -0.2) is 69.7 Å². The summed E-state index contributed by atoms with van der Waals surface area (Å²) in [6, 6.07) is 3.77. The number of amides is 3. The zero-order valence-electron chi connectivity index (χ0n) is 20.1. The van der Waals surface area contributed by atoms with Crippen LogP contribution in [-0.2, 0) is 4.79 Å². The van der Waals surface area contributed by atoms with Gasteiger partial charge in [-0.25, -0.2) is 9.37 Å². The van der Waals surface area contributed by atoms with E-state index < -0.39 is 11.7 Å². The van der Waals surface area contributed by atoms with E-state index in [2.05, 4.69) is 20.2 Å². The fourth-order valence-electron chi connectivity index (χ4n) is 5.14. The highest BCUT2D eigenvalue weighted by Gasteiger charge is 2.34. The standard InChI is InChI=1S/C25H32ClFN6O3/c26-19-14-17(27)6-9-20(19)31-24(35)16-4-7-18(8-5-16)33(13-12-32-10-2-1-3-11-32)25(36)22-21(23(28)34)29-15-30-22/h6,9,14-16,18H,1-5,7-8,10-13H2,(H2,28,34)(H,29,30)(H,31,35)/t16-,18-. The molecule has 0 atom stereocenters. The number of aromatic nitrogens is 2. The Hall–Kier alpha value is -2.98. The molecule has 3 amide bonds. The third-order valence-corrected chi connectivity index (χ3v) is 7.46. The third kappa shape index (κ3) is 6.22. The molecule has 9 nitrogen and oxygen atoms in total. The van der Waals surface area contributed by atoms with Crippen LogP contribution in [0.2, 0.25) is 5.02 Å². The van der Waals surface area contributed by atoms with Gasteiger partial charge < -0.3 is 25.8 Å². The van der Waals surface area contributed by atoms with Gasteiger partial charge in [0, 0.05) is 25.0 Å². The lowest BCUT2D eigenvalue weighted by atomic mass is 9.84. The number of nitrogens with one attached hydrogen (secondary N) is 2. The largest absolute Gasteiger partial charge is 0.364 e. The quantitative estimate of drug-likeness (QED) is 0.494. The third-order valence-electron chi connectivity index (χ3n) is 7.15. The molecule has 0 bridgehead atoms. The van der Waals surface area contributed by atoms with Crippen LogP contribution in [0.1, 0.15) is 65.9 Å². The van der Waals surface area contributed by atoms with Crippen LogP contribution in [0, 0.1) is 11.7 Å². The van der Waals surface area contributed by atoms with Gasteiger partial charge in [0.1, 0.15) is 11.5 Å². The van der Waals surface area contributed by atoms with Gasteiger partial charge in [-0.15, -0.1) is 0 Å². The van der Waals surface area contributed by atoms with Crippen molar-refractivity contribution < 1.29 is 18.8 Å². The van der Waals surface area contributed by atoms with Gasteiger partial charge in [0.2, 0.25) is 5.91 Å². The normalized spacial score (nSPS) is 20.6. The summed E-state index contributed by atoms with van der Waals surface area (Å²) >= 11 is 6.05. The first-order valence-corrected chi connectivity index (χ1v) is 12.8. The van der Waals surface area contributed by atoms with Gasteiger partial charge in [-0.3, -0.25) is 14.4 Å². The number of likely N-dealkylation sites (tertiary alicyclic amines) is 1. The number of carbonyl (C=O) groups excluding carboxylic acids is 3. The van der Waals surface area contributed by atoms with Crippen molar-refractivity contribution in [3.05, 3.63) is 46.8 Å². The number of anilines is 1. The molecule has 1 aliphatic carbocycles. The second-order valence-corrected chi connectivity index (χ2v) is 9.92. The second-order valence-electron chi connectivity index (χ2n) is 9.51. The molecule has 1 aliphatic heterocycles. The number of halogens is 2. The summed E-state index contributed by atoms with van der Waals surface area (Å²) in [7, 11) is 0. The fourth-order valence-corrected chi connectivity index (χ4v) is 5.35. The molecule has 2 heterocycles. The van der Waals surface area contributed by atoms with Crippen LogP contribution in [0.3, 0.4) is 0 Å². The lowest BCUT2D eigenvalue weighted by Gasteiger charge is -2.38. The number of hydrogen-bond donors (Lipinski definition) is 3. The summed E-state index contributed by atoms with van der Waals surface area (Å²) in [6.07, 6.45) is 7.28. The molecule has 2 aliphatic rings. The van der Waals surface area contributed by atoms with Gasteiger partial charge in [-0.2, -0.15) is 0 Å². The lowest BCUT2D eigenvalue weighted by molar-refractivity contribution is -0.121. The predicted octanol–water partition coefficient (Wildman–Crippen LogP) is 3.43. The monoisotopic (exact) mass is 518 g/mol. The van der Waals surface area contributed by atoms with Crippen molar-refractivity contribution in [2.75, 3.05) is 31.5 Å². The predicted molar refractivity (Wildman–Crippen MR) is 134 cm³/mol. The first kappa shape index (κ1) is 26.1. The number of nitrogens with two attached hydrogens (primary N) is 1. The molecule has 11 heteroatoms. The fraction of sp³-hybridized carbons (Fsp3) is 0.520. The number of rotatable bonds is 8. The van der Waals surface area contributed by atoms with E-state index in [0.717, 1.165) is 38.5 Å². The summed E-state index contributed by atoms with van der Waals surface area (Å²) in [4.78, 5) is 49.1. The first-order chi connectivity index (χ1) is 17.3. The Bertz CT molecular complexity index is 1100. The van der Waals surface area contributed by atoms with E-state index in [4.69, 9.17) is 17.3 Å². The number of H-pyrrole nitrogens is 1. The number of aromatic amines is 1. The van der Waals surface area contributed by atoms with Crippen LogP contribution in [0.5, 0.6) is 0 Å². The minimum absolute atomic E-state index is 0.00668. The van der Waals surface area contributed by atoms with Crippen LogP contribution in [0.25, 0.3) is 0 Å².